The number of nitrogen functional groups attached to an aromatic ring is 1. The van der Waals surface area contributed by atoms with E-state index in [0.29, 0.717) is 0 Å². The van der Waals surface area contributed by atoms with Gasteiger partial charge in [0, 0.05) is 11.6 Å². The van der Waals surface area contributed by atoms with Crippen LogP contribution in [0, 0.1) is 13.8 Å². The summed E-state index contributed by atoms with van der Waals surface area (Å²) in [6.07, 6.45) is 0. The lowest BCUT2D eigenvalue weighted by atomic mass is 9.83. The van der Waals surface area contributed by atoms with Gasteiger partial charge in [0.1, 0.15) is 5.75 Å². The predicted molar refractivity (Wildman–Crippen MR) is 95.8 cm³/mol. The van der Waals surface area contributed by atoms with Crippen LogP contribution in [0.4, 0.5) is 5.69 Å². The summed E-state index contributed by atoms with van der Waals surface area (Å²) < 4.78 is 0. The summed E-state index contributed by atoms with van der Waals surface area (Å²) >= 11 is 0. The minimum atomic E-state index is 0.0513. The Morgan fingerprint density at radius 1 is 0.826 bits per heavy atom. The number of phenolic OH excluding ortho intramolecular Hbond substituents is 1. The van der Waals surface area contributed by atoms with Crippen LogP contribution in [0.15, 0.2) is 66.7 Å². The fourth-order valence-corrected chi connectivity index (χ4v) is 3.11. The molecule has 0 saturated carbocycles. The fraction of sp³-hybridized carbons (Fsp3) is 0.143. The molecule has 3 aromatic rings. The van der Waals surface area contributed by atoms with Crippen molar-refractivity contribution in [2.75, 3.05) is 5.73 Å². The van der Waals surface area contributed by atoms with E-state index in [1.807, 2.05) is 37.3 Å². The van der Waals surface area contributed by atoms with E-state index in [4.69, 9.17) is 5.73 Å². The molecule has 0 bridgehead atoms. The molecule has 2 heteroatoms. The van der Waals surface area contributed by atoms with Crippen molar-refractivity contribution >= 4 is 5.69 Å². The fourth-order valence-electron chi connectivity index (χ4n) is 3.11. The Morgan fingerprint density at radius 3 is 2.09 bits per heavy atom. The highest BCUT2D eigenvalue weighted by Gasteiger charge is 2.20. The summed E-state index contributed by atoms with van der Waals surface area (Å²) in [6, 6.07) is 22.0. The van der Waals surface area contributed by atoms with Gasteiger partial charge in [0.25, 0.3) is 0 Å². The molecule has 1 atom stereocenters. The van der Waals surface area contributed by atoms with E-state index in [1.165, 1.54) is 11.1 Å². The van der Waals surface area contributed by atoms with E-state index >= 15 is 0 Å². The zero-order valence-corrected chi connectivity index (χ0v) is 13.5. The maximum Gasteiger partial charge on any atom is 0.115 e. The second kappa shape index (κ2) is 6.17. The summed E-state index contributed by atoms with van der Waals surface area (Å²) in [7, 11) is 0. The quantitative estimate of drug-likeness (QED) is 0.540. The van der Waals surface area contributed by atoms with Crippen LogP contribution in [0.2, 0.25) is 0 Å². The second-order valence-electron chi connectivity index (χ2n) is 6.02. The van der Waals surface area contributed by atoms with Gasteiger partial charge in [-0.2, -0.15) is 0 Å². The van der Waals surface area contributed by atoms with Gasteiger partial charge in [-0.3, -0.25) is 0 Å². The van der Waals surface area contributed by atoms with Crippen molar-refractivity contribution in [1.29, 1.82) is 0 Å². The Labute approximate surface area is 137 Å². The second-order valence-corrected chi connectivity index (χ2v) is 6.02. The molecule has 0 heterocycles. The Morgan fingerprint density at radius 2 is 1.43 bits per heavy atom. The van der Waals surface area contributed by atoms with Crippen LogP contribution >= 0.6 is 0 Å². The van der Waals surface area contributed by atoms with Gasteiger partial charge in [-0.15, -0.1) is 0 Å². The van der Waals surface area contributed by atoms with Gasteiger partial charge in [-0.05, 0) is 48.2 Å². The van der Waals surface area contributed by atoms with Gasteiger partial charge in [0.15, 0.2) is 0 Å². The van der Waals surface area contributed by atoms with E-state index < -0.39 is 0 Å². The molecule has 0 saturated heterocycles. The molecule has 0 fully saturated rings. The normalized spacial score (nSPS) is 12.1. The molecule has 0 radical (unpaired) electrons. The van der Waals surface area contributed by atoms with Crippen LogP contribution in [0.25, 0.3) is 0 Å². The average Bonchev–Trinajstić information content (AvgIpc) is 2.55. The van der Waals surface area contributed by atoms with Gasteiger partial charge in [0.2, 0.25) is 0 Å². The lowest BCUT2D eigenvalue weighted by molar-refractivity contribution is 0.475. The predicted octanol–water partition coefficient (Wildman–Crippen LogP) is 4.77. The average molecular weight is 303 g/mol. The SMILES string of the molecule is Cc1cc(C)c(N)c(C(c2ccccc2)c2ccc(O)cc2)c1. The molecular weight excluding hydrogens is 282 g/mol. The Bertz CT molecular complexity index is 807. The molecule has 0 aliphatic heterocycles. The molecule has 2 nitrogen and oxygen atoms in total. The summed E-state index contributed by atoms with van der Waals surface area (Å²) in [5, 5.41) is 9.60. The number of hydrogen-bond acceptors (Lipinski definition) is 2. The first kappa shape index (κ1) is 15.2. The molecule has 0 spiro atoms. The lowest BCUT2D eigenvalue weighted by Gasteiger charge is -2.22. The molecule has 3 N–H and O–H groups in total. The van der Waals surface area contributed by atoms with Crippen molar-refractivity contribution in [3.05, 3.63) is 94.5 Å². The van der Waals surface area contributed by atoms with Crippen LogP contribution in [-0.2, 0) is 0 Å². The van der Waals surface area contributed by atoms with Crippen LogP contribution in [-0.4, -0.2) is 5.11 Å². The van der Waals surface area contributed by atoms with Crippen LogP contribution in [0.5, 0.6) is 5.75 Å². The van der Waals surface area contributed by atoms with Crippen LogP contribution in [0.3, 0.4) is 0 Å². The van der Waals surface area contributed by atoms with E-state index in [0.717, 1.165) is 22.4 Å². The van der Waals surface area contributed by atoms with Crippen molar-refractivity contribution in [2.45, 2.75) is 19.8 Å². The minimum Gasteiger partial charge on any atom is -0.508 e. The first-order valence-electron chi connectivity index (χ1n) is 7.77. The highest BCUT2D eigenvalue weighted by atomic mass is 16.3. The first-order chi connectivity index (χ1) is 11.1. The molecule has 0 amide bonds. The zero-order valence-electron chi connectivity index (χ0n) is 13.5. The van der Waals surface area contributed by atoms with Gasteiger partial charge in [-0.1, -0.05) is 60.2 Å². The van der Waals surface area contributed by atoms with Gasteiger partial charge < -0.3 is 10.8 Å². The summed E-state index contributed by atoms with van der Waals surface area (Å²) in [6.45, 7) is 4.14. The lowest BCUT2D eigenvalue weighted by Crippen LogP contribution is -2.08. The highest BCUT2D eigenvalue weighted by molar-refractivity contribution is 5.61. The number of phenols is 1. The molecule has 0 aliphatic rings. The number of anilines is 1. The van der Waals surface area contributed by atoms with Gasteiger partial charge in [0.05, 0.1) is 0 Å². The summed E-state index contributed by atoms with van der Waals surface area (Å²) in [4.78, 5) is 0. The van der Waals surface area contributed by atoms with E-state index in [9.17, 15) is 5.11 Å². The number of aromatic hydroxyl groups is 1. The van der Waals surface area contributed by atoms with E-state index in [2.05, 4.69) is 31.2 Å². The maximum atomic E-state index is 9.60. The third kappa shape index (κ3) is 3.07. The smallest absolute Gasteiger partial charge is 0.115 e. The molecule has 0 aliphatic carbocycles. The van der Waals surface area contributed by atoms with Crippen molar-refractivity contribution < 1.29 is 5.11 Å². The van der Waals surface area contributed by atoms with Crippen molar-refractivity contribution in [3.63, 3.8) is 0 Å². The topological polar surface area (TPSA) is 46.2 Å². The maximum absolute atomic E-state index is 9.60. The largest absolute Gasteiger partial charge is 0.508 e. The standard InChI is InChI=1S/C21H21NO/c1-14-12-15(2)21(22)19(13-14)20(16-6-4-3-5-7-16)17-8-10-18(23)11-9-17/h3-13,20,23H,22H2,1-2H3. The monoisotopic (exact) mass is 303 g/mol. The van der Waals surface area contributed by atoms with E-state index in [-0.39, 0.29) is 11.7 Å². The van der Waals surface area contributed by atoms with Crippen molar-refractivity contribution in [3.8, 4) is 5.75 Å². The third-order valence-corrected chi connectivity index (χ3v) is 4.23. The van der Waals surface area contributed by atoms with Gasteiger partial charge >= 0.3 is 0 Å². The van der Waals surface area contributed by atoms with Crippen LogP contribution in [0.1, 0.15) is 33.7 Å². The number of hydrogen-bond donors (Lipinski definition) is 2. The van der Waals surface area contributed by atoms with Gasteiger partial charge in [-0.25, -0.2) is 0 Å². The molecular formula is C21H21NO. The first-order valence-corrected chi connectivity index (χ1v) is 7.77. The number of aryl methyl sites for hydroxylation is 2. The van der Waals surface area contributed by atoms with Crippen molar-refractivity contribution in [1.82, 2.24) is 0 Å². The Balaban J connectivity index is 2.23. The highest BCUT2D eigenvalue weighted by Crippen LogP contribution is 2.37. The van der Waals surface area contributed by atoms with E-state index in [1.54, 1.807) is 12.1 Å². The number of benzene rings is 3. The van der Waals surface area contributed by atoms with Crippen LogP contribution < -0.4 is 5.73 Å². The minimum absolute atomic E-state index is 0.0513. The summed E-state index contributed by atoms with van der Waals surface area (Å²) in [5.74, 6) is 0.323. The number of nitrogens with two attached hydrogens (primary N) is 1. The Hall–Kier alpha value is -2.74. The molecule has 23 heavy (non-hydrogen) atoms. The number of rotatable bonds is 3. The Kier molecular flexibility index (Phi) is 4.07. The molecule has 0 aromatic heterocycles. The molecule has 1 unspecified atom stereocenters. The third-order valence-electron chi connectivity index (χ3n) is 4.23. The summed E-state index contributed by atoms with van der Waals surface area (Å²) in [5.41, 5.74) is 13.0. The zero-order chi connectivity index (χ0) is 16.4. The molecule has 3 rings (SSSR count). The van der Waals surface area contributed by atoms with Crippen molar-refractivity contribution in [2.24, 2.45) is 0 Å². The molecule has 3 aromatic carbocycles. The molecule has 116 valence electrons.